The van der Waals surface area contributed by atoms with Crippen LogP contribution in [0.15, 0.2) is 18.6 Å². The van der Waals surface area contributed by atoms with E-state index in [1.165, 1.54) is 0 Å². The number of hydrogen-bond acceptors (Lipinski definition) is 4. The lowest BCUT2D eigenvalue weighted by Crippen LogP contribution is -2.47. The van der Waals surface area contributed by atoms with Crippen LogP contribution < -0.4 is 4.90 Å². The number of anilines is 1. The van der Waals surface area contributed by atoms with Gasteiger partial charge in [-0.1, -0.05) is 15.9 Å². The van der Waals surface area contributed by atoms with Gasteiger partial charge >= 0.3 is 0 Å². The molecule has 2 atom stereocenters. The molecule has 15 heavy (non-hydrogen) atoms. The second kappa shape index (κ2) is 4.90. The lowest BCUT2D eigenvalue weighted by Gasteiger charge is -2.36. The topological polar surface area (TPSA) is 38.2 Å². The van der Waals surface area contributed by atoms with Crippen LogP contribution in [-0.4, -0.2) is 40.6 Å². The number of aromatic nitrogens is 2. The highest BCUT2D eigenvalue weighted by Crippen LogP contribution is 2.17. The first-order valence-electron chi connectivity index (χ1n) is 5.02. The van der Waals surface area contributed by atoms with E-state index < -0.39 is 0 Å². The van der Waals surface area contributed by atoms with E-state index in [0.29, 0.717) is 0 Å². The summed E-state index contributed by atoms with van der Waals surface area (Å²) in [6.07, 6.45) is 5.68. The Kier molecular flexibility index (Phi) is 3.53. The van der Waals surface area contributed by atoms with Gasteiger partial charge in [-0.15, -0.1) is 0 Å². The highest BCUT2D eigenvalue weighted by molar-refractivity contribution is 9.09. The quantitative estimate of drug-likeness (QED) is 0.764. The van der Waals surface area contributed by atoms with Gasteiger partial charge in [0.1, 0.15) is 5.82 Å². The van der Waals surface area contributed by atoms with Gasteiger partial charge in [-0.3, -0.25) is 4.98 Å². The van der Waals surface area contributed by atoms with Gasteiger partial charge in [0, 0.05) is 30.8 Å². The molecule has 2 heterocycles. The molecule has 1 fully saturated rings. The van der Waals surface area contributed by atoms with E-state index in [1.54, 1.807) is 18.6 Å². The number of ether oxygens (including phenoxy) is 1. The van der Waals surface area contributed by atoms with Crippen molar-refractivity contribution in [3.05, 3.63) is 18.6 Å². The largest absolute Gasteiger partial charge is 0.371 e. The van der Waals surface area contributed by atoms with Gasteiger partial charge in [-0.2, -0.15) is 0 Å². The molecular formula is C10H14BrN3O. The predicted molar refractivity (Wildman–Crippen MR) is 62.4 cm³/mol. The molecule has 0 aliphatic carbocycles. The average Bonchev–Trinajstić information content (AvgIpc) is 2.29. The van der Waals surface area contributed by atoms with E-state index in [4.69, 9.17) is 4.74 Å². The Labute approximate surface area is 97.8 Å². The molecule has 1 aromatic heterocycles. The molecular weight excluding hydrogens is 258 g/mol. The molecule has 1 aromatic rings. The molecule has 5 heteroatoms. The van der Waals surface area contributed by atoms with Crippen molar-refractivity contribution < 1.29 is 4.74 Å². The van der Waals surface area contributed by atoms with Crippen LogP contribution in [0.3, 0.4) is 0 Å². The molecule has 0 amide bonds. The van der Waals surface area contributed by atoms with Crippen molar-refractivity contribution >= 4 is 21.7 Å². The highest BCUT2D eigenvalue weighted by atomic mass is 79.9. The summed E-state index contributed by atoms with van der Waals surface area (Å²) < 4.78 is 5.75. The minimum Gasteiger partial charge on any atom is -0.371 e. The van der Waals surface area contributed by atoms with Crippen molar-refractivity contribution in [2.45, 2.75) is 19.1 Å². The summed E-state index contributed by atoms with van der Waals surface area (Å²) >= 11 is 3.45. The standard InChI is InChI=1S/C10H14BrN3O/c1-8-6-14(7-9(4-11)15-8)10-5-12-2-3-13-10/h2-3,5,8-9H,4,6-7H2,1H3. The van der Waals surface area contributed by atoms with Gasteiger partial charge in [0.05, 0.1) is 18.4 Å². The Morgan fingerprint density at radius 2 is 2.40 bits per heavy atom. The third-order valence-electron chi connectivity index (χ3n) is 2.37. The highest BCUT2D eigenvalue weighted by Gasteiger charge is 2.25. The van der Waals surface area contributed by atoms with Crippen molar-refractivity contribution in [2.75, 3.05) is 23.3 Å². The summed E-state index contributed by atoms with van der Waals surface area (Å²) in [5.74, 6) is 0.929. The first-order chi connectivity index (χ1) is 7.29. The molecule has 2 unspecified atom stereocenters. The number of rotatable bonds is 2. The molecule has 82 valence electrons. The molecule has 2 rings (SSSR count). The zero-order valence-corrected chi connectivity index (χ0v) is 10.2. The van der Waals surface area contributed by atoms with Gasteiger partial charge < -0.3 is 9.64 Å². The molecule has 0 radical (unpaired) electrons. The smallest absolute Gasteiger partial charge is 0.147 e. The van der Waals surface area contributed by atoms with E-state index in [2.05, 4.69) is 37.7 Å². The van der Waals surface area contributed by atoms with Crippen LogP contribution in [0.4, 0.5) is 5.82 Å². The average molecular weight is 272 g/mol. The maximum atomic E-state index is 5.75. The fourth-order valence-electron chi connectivity index (χ4n) is 1.77. The normalized spacial score (nSPS) is 26.7. The summed E-state index contributed by atoms with van der Waals surface area (Å²) in [5, 5.41) is 0.855. The second-order valence-corrected chi connectivity index (χ2v) is 4.34. The summed E-state index contributed by atoms with van der Waals surface area (Å²) in [5.41, 5.74) is 0. The number of halogens is 1. The molecule has 0 bridgehead atoms. The second-order valence-electron chi connectivity index (χ2n) is 3.69. The molecule has 0 aromatic carbocycles. The summed E-state index contributed by atoms with van der Waals surface area (Å²) in [4.78, 5) is 10.6. The van der Waals surface area contributed by atoms with Crippen molar-refractivity contribution in [3.8, 4) is 0 Å². The maximum Gasteiger partial charge on any atom is 0.147 e. The number of morpholine rings is 1. The van der Waals surface area contributed by atoms with E-state index >= 15 is 0 Å². The Hall–Kier alpha value is -0.680. The number of nitrogens with zero attached hydrogens (tertiary/aromatic N) is 3. The van der Waals surface area contributed by atoms with Gasteiger partial charge in [0.25, 0.3) is 0 Å². The molecule has 1 saturated heterocycles. The minimum absolute atomic E-state index is 0.232. The maximum absolute atomic E-state index is 5.75. The van der Waals surface area contributed by atoms with Crippen LogP contribution in [0.5, 0.6) is 0 Å². The fourth-order valence-corrected chi connectivity index (χ4v) is 2.13. The van der Waals surface area contributed by atoms with E-state index in [1.807, 2.05) is 0 Å². The van der Waals surface area contributed by atoms with Crippen molar-refractivity contribution in [1.29, 1.82) is 0 Å². The van der Waals surface area contributed by atoms with Crippen molar-refractivity contribution in [2.24, 2.45) is 0 Å². The van der Waals surface area contributed by atoms with Crippen molar-refractivity contribution in [1.82, 2.24) is 9.97 Å². The van der Waals surface area contributed by atoms with Gasteiger partial charge in [-0.05, 0) is 6.92 Å². The van der Waals surface area contributed by atoms with E-state index in [0.717, 1.165) is 24.2 Å². The number of hydrogen-bond donors (Lipinski definition) is 0. The third kappa shape index (κ3) is 2.66. The summed E-state index contributed by atoms with van der Waals surface area (Å²) in [6, 6.07) is 0. The monoisotopic (exact) mass is 271 g/mol. The van der Waals surface area contributed by atoms with E-state index in [9.17, 15) is 0 Å². The molecule has 4 nitrogen and oxygen atoms in total. The fraction of sp³-hybridized carbons (Fsp3) is 0.600. The predicted octanol–water partition coefficient (Wildman–Crippen LogP) is 1.47. The van der Waals surface area contributed by atoms with Gasteiger partial charge in [0.15, 0.2) is 0 Å². The Morgan fingerprint density at radius 1 is 1.53 bits per heavy atom. The van der Waals surface area contributed by atoms with E-state index in [-0.39, 0.29) is 12.2 Å². The third-order valence-corrected chi connectivity index (χ3v) is 3.09. The minimum atomic E-state index is 0.232. The lowest BCUT2D eigenvalue weighted by atomic mass is 10.2. The van der Waals surface area contributed by atoms with Crippen LogP contribution in [-0.2, 0) is 4.74 Å². The Morgan fingerprint density at radius 3 is 3.07 bits per heavy atom. The van der Waals surface area contributed by atoms with Gasteiger partial charge in [0.2, 0.25) is 0 Å². The Balaban J connectivity index is 2.09. The molecule has 0 spiro atoms. The first kappa shape index (κ1) is 10.8. The van der Waals surface area contributed by atoms with Crippen LogP contribution in [0, 0.1) is 0 Å². The molecule has 0 N–H and O–H groups in total. The zero-order valence-electron chi connectivity index (χ0n) is 8.64. The van der Waals surface area contributed by atoms with Crippen LogP contribution in [0.2, 0.25) is 0 Å². The van der Waals surface area contributed by atoms with Crippen molar-refractivity contribution in [3.63, 3.8) is 0 Å². The summed E-state index contributed by atoms with van der Waals surface area (Å²) in [7, 11) is 0. The lowest BCUT2D eigenvalue weighted by molar-refractivity contribution is -0.00225. The molecule has 1 aliphatic heterocycles. The Bertz CT molecular complexity index is 309. The van der Waals surface area contributed by atoms with Gasteiger partial charge in [-0.25, -0.2) is 4.98 Å². The number of alkyl halides is 1. The van der Waals surface area contributed by atoms with Crippen LogP contribution >= 0.6 is 15.9 Å². The molecule has 0 saturated carbocycles. The van der Waals surface area contributed by atoms with Crippen LogP contribution in [0.1, 0.15) is 6.92 Å². The van der Waals surface area contributed by atoms with Crippen LogP contribution in [0.25, 0.3) is 0 Å². The molecule has 1 aliphatic rings. The SMILES string of the molecule is CC1CN(c2cnccn2)CC(CBr)O1. The first-order valence-corrected chi connectivity index (χ1v) is 6.14. The summed E-state index contributed by atoms with van der Waals surface area (Å²) in [6.45, 7) is 3.83. The zero-order chi connectivity index (χ0) is 10.7.